The summed E-state index contributed by atoms with van der Waals surface area (Å²) in [6.45, 7) is 0. The number of hydrogen-bond donors (Lipinski definition) is 0. The summed E-state index contributed by atoms with van der Waals surface area (Å²) < 4.78 is 11.4. The van der Waals surface area contributed by atoms with Gasteiger partial charge in [0.05, 0.1) is 26.9 Å². The van der Waals surface area contributed by atoms with E-state index in [0.29, 0.717) is 5.82 Å². The zero-order valence-electron chi connectivity index (χ0n) is 30.6. The van der Waals surface area contributed by atoms with Gasteiger partial charge in [-0.15, -0.1) is 11.3 Å². The molecule has 12 aromatic rings. The number of benzene rings is 8. The number of furan rings is 1. The number of rotatable bonds is 5. The molecule has 57 heavy (non-hydrogen) atoms. The van der Waals surface area contributed by atoms with Crippen LogP contribution < -0.4 is 0 Å². The van der Waals surface area contributed by atoms with Gasteiger partial charge < -0.3 is 8.98 Å². The molecule has 0 saturated heterocycles. The van der Waals surface area contributed by atoms with Gasteiger partial charge in [-0.3, -0.25) is 0 Å². The molecule has 0 aliphatic carbocycles. The third-order valence-corrected chi connectivity index (χ3v) is 12.4. The molecule has 0 radical (unpaired) electrons. The second-order valence-electron chi connectivity index (χ2n) is 14.5. The van der Waals surface area contributed by atoms with Crippen molar-refractivity contribution in [2.24, 2.45) is 0 Å². The highest BCUT2D eigenvalue weighted by atomic mass is 32.1. The van der Waals surface area contributed by atoms with Crippen LogP contribution in [0.4, 0.5) is 0 Å². The molecule has 0 fully saturated rings. The van der Waals surface area contributed by atoms with E-state index >= 15 is 0 Å². The summed E-state index contributed by atoms with van der Waals surface area (Å²) in [5.74, 6) is 0.674. The van der Waals surface area contributed by atoms with Gasteiger partial charge in [0, 0.05) is 54.0 Å². The predicted octanol–water partition coefficient (Wildman–Crippen LogP) is 14.5. The average molecular weight is 746 g/mol. The molecule has 0 N–H and O–H groups in total. The van der Waals surface area contributed by atoms with Gasteiger partial charge in [-0.2, -0.15) is 0 Å². The highest BCUT2D eigenvalue weighted by Crippen LogP contribution is 2.45. The largest absolute Gasteiger partial charge is 0.455 e. The summed E-state index contributed by atoms with van der Waals surface area (Å²) in [6, 6.07) is 66.5. The molecule has 0 saturated carbocycles. The van der Waals surface area contributed by atoms with E-state index in [4.69, 9.17) is 14.4 Å². The van der Waals surface area contributed by atoms with Gasteiger partial charge in [0.25, 0.3) is 0 Å². The number of hydrogen-bond acceptors (Lipinski definition) is 4. The zero-order valence-corrected chi connectivity index (χ0v) is 31.4. The molecular weight excluding hydrogens is 715 g/mol. The van der Waals surface area contributed by atoms with E-state index in [2.05, 4.69) is 193 Å². The van der Waals surface area contributed by atoms with Crippen LogP contribution in [0.25, 0.3) is 115 Å². The molecule has 0 atom stereocenters. The maximum absolute atomic E-state index is 6.82. The van der Waals surface area contributed by atoms with Crippen LogP contribution in [0.15, 0.2) is 192 Å². The van der Waals surface area contributed by atoms with Crippen molar-refractivity contribution in [2.75, 3.05) is 0 Å². The van der Waals surface area contributed by atoms with Crippen LogP contribution in [0, 0.1) is 0 Å². The molecule has 0 spiro atoms. The second-order valence-corrected chi connectivity index (χ2v) is 15.6. The first-order chi connectivity index (χ1) is 28.3. The average Bonchev–Trinajstić information content (AvgIpc) is 3.96. The monoisotopic (exact) mass is 745 g/mol. The van der Waals surface area contributed by atoms with Gasteiger partial charge in [0.2, 0.25) is 0 Å². The third-order valence-electron chi connectivity index (χ3n) is 11.2. The molecule has 4 aromatic heterocycles. The van der Waals surface area contributed by atoms with E-state index in [0.717, 1.165) is 87.8 Å². The van der Waals surface area contributed by atoms with E-state index < -0.39 is 0 Å². The Hall–Kier alpha value is -7.34. The van der Waals surface area contributed by atoms with Crippen molar-refractivity contribution >= 4 is 75.4 Å². The van der Waals surface area contributed by atoms with Crippen molar-refractivity contribution in [3.05, 3.63) is 188 Å². The Labute approximate surface area is 331 Å². The molecule has 0 aliphatic heterocycles. The van der Waals surface area contributed by atoms with Gasteiger partial charge in [0.15, 0.2) is 5.82 Å². The highest BCUT2D eigenvalue weighted by molar-refractivity contribution is 7.26. The molecule has 0 bridgehead atoms. The first kappa shape index (κ1) is 32.0. The van der Waals surface area contributed by atoms with Gasteiger partial charge in [0.1, 0.15) is 11.2 Å². The minimum absolute atomic E-state index is 0.674. The summed E-state index contributed by atoms with van der Waals surface area (Å²) in [6.07, 6.45) is 0. The van der Waals surface area contributed by atoms with E-state index in [-0.39, 0.29) is 0 Å². The predicted molar refractivity (Wildman–Crippen MR) is 238 cm³/mol. The van der Waals surface area contributed by atoms with Crippen LogP contribution in [-0.4, -0.2) is 14.5 Å². The summed E-state index contributed by atoms with van der Waals surface area (Å²) in [5, 5.41) is 5.57. The molecular formula is C52H31N3OS. The van der Waals surface area contributed by atoms with Gasteiger partial charge >= 0.3 is 0 Å². The molecule has 266 valence electrons. The lowest BCUT2D eigenvalue weighted by molar-refractivity contribution is 0.670. The van der Waals surface area contributed by atoms with Gasteiger partial charge in [-0.25, -0.2) is 9.97 Å². The number of nitrogens with zero attached hydrogens (tertiary/aromatic N) is 3. The Morgan fingerprint density at radius 2 is 1.14 bits per heavy atom. The molecule has 12 rings (SSSR count). The van der Waals surface area contributed by atoms with Crippen molar-refractivity contribution < 1.29 is 4.42 Å². The minimum atomic E-state index is 0.674. The maximum atomic E-state index is 6.82. The molecule has 0 aliphatic rings. The first-order valence-electron chi connectivity index (χ1n) is 19.2. The first-order valence-corrected chi connectivity index (χ1v) is 20.0. The minimum Gasteiger partial charge on any atom is -0.455 e. The summed E-state index contributed by atoms with van der Waals surface area (Å²) >= 11 is 1.76. The number of para-hydroxylation sites is 2. The Kier molecular flexibility index (Phi) is 7.06. The van der Waals surface area contributed by atoms with Crippen LogP contribution in [0.1, 0.15) is 0 Å². The van der Waals surface area contributed by atoms with Gasteiger partial charge in [-0.1, -0.05) is 133 Å². The maximum Gasteiger partial charge on any atom is 0.161 e. The number of fused-ring (bicyclic) bond motifs is 9. The second kappa shape index (κ2) is 12.6. The fourth-order valence-corrected chi connectivity index (χ4v) is 9.78. The standard InChI is InChI=1S/C52H31N3OS/c1-4-15-32(16-5-1)35-30-40(33-17-6-2-7-18-33)50-42(31-35)47-39(23-14-25-45(47)56-50)52-53-48(51-49(54-52)38-22-11-13-26-46(38)57-51)34-27-28-44-41(29-34)37-21-10-12-24-43(37)55(44)36-19-8-3-9-20-36/h1-31H. The van der Waals surface area contributed by atoms with Crippen molar-refractivity contribution in [1.82, 2.24) is 14.5 Å². The van der Waals surface area contributed by atoms with Crippen LogP contribution in [0.3, 0.4) is 0 Å². The molecule has 4 heterocycles. The number of thiophene rings is 1. The lowest BCUT2D eigenvalue weighted by atomic mass is 9.95. The molecule has 8 aromatic carbocycles. The highest BCUT2D eigenvalue weighted by Gasteiger charge is 2.23. The van der Waals surface area contributed by atoms with E-state index in [1.54, 1.807) is 11.3 Å². The summed E-state index contributed by atoms with van der Waals surface area (Å²) in [7, 11) is 0. The quantitative estimate of drug-likeness (QED) is 0.176. The summed E-state index contributed by atoms with van der Waals surface area (Å²) in [4.78, 5) is 11.0. The smallest absolute Gasteiger partial charge is 0.161 e. The van der Waals surface area contributed by atoms with Crippen LogP contribution >= 0.6 is 11.3 Å². The normalized spacial score (nSPS) is 11.9. The zero-order chi connectivity index (χ0) is 37.5. The van der Waals surface area contributed by atoms with E-state index in [1.165, 1.54) is 21.0 Å². The topological polar surface area (TPSA) is 43.9 Å². The Balaban J connectivity index is 1.14. The SMILES string of the molecule is c1ccc(-c2cc(-c3ccccc3)c3oc4cccc(-c5nc(-c6ccc7c(c6)c6ccccc6n7-c6ccccc6)c6sc7ccccc7c6n5)c4c3c2)cc1. The number of aromatic nitrogens is 3. The lowest BCUT2D eigenvalue weighted by Crippen LogP contribution is -1.95. The Morgan fingerprint density at radius 3 is 1.96 bits per heavy atom. The van der Waals surface area contributed by atoms with Crippen molar-refractivity contribution in [3.8, 4) is 50.6 Å². The Bertz CT molecular complexity index is 3510. The molecule has 0 amide bonds. The van der Waals surface area contributed by atoms with Crippen LogP contribution in [0.2, 0.25) is 0 Å². The van der Waals surface area contributed by atoms with Gasteiger partial charge in [-0.05, 0) is 71.3 Å². The van der Waals surface area contributed by atoms with E-state index in [9.17, 15) is 0 Å². The Morgan fingerprint density at radius 1 is 0.456 bits per heavy atom. The fraction of sp³-hybridized carbons (Fsp3) is 0. The van der Waals surface area contributed by atoms with Crippen molar-refractivity contribution in [3.63, 3.8) is 0 Å². The van der Waals surface area contributed by atoms with Crippen molar-refractivity contribution in [1.29, 1.82) is 0 Å². The molecule has 4 nitrogen and oxygen atoms in total. The summed E-state index contributed by atoms with van der Waals surface area (Å²) in [5.41, 5.74) is 13.5. The fourth-order valence-electron chi connectivity index (χ4n) is 8.63. The molecule has 5 heteroatoms. The third kappa shape index (κ3) is 4.99. The van der Waals surface area contributed by atoms with Crippen LogP contribution in [0.5, 0.6) is 0 Å². The van der Waals surface area contributed by atoms with Crippen molar-refractivity contribution in [2.45, 2.75) is 0 Å². The lowest BCUT2D eigenvalue weighted by Gasteiger charge is -2.10. The molecule has 0 unspecified atom stereocenters. The van der Waals surface area contributed by atoms with Crippen LogP contribution in [-0.2, 0) is 0 Å². The van der Waals surface area contributed by atoms with E-state index in [1.807, 2.05) is 0 Å².